The minimum Gasteiger partial charge on any atom is -0.352 e. The molecule has 0 aliphatic rings. The second kappa shape index (κ2) is 6.27. The summed E-state index contributed by atoms with van der Waals surface area (Å²) in [6.45, 7) is 9.43. The number of hydrogen-bond acceptors (Lipinski definition) is 1. The van der Waals surface area contributed by atoms with E-state index in [0.717, 1.165) is 16.7 Å². The summed E-state index contributed by atoms with van der Waals surface area (Å²) >= 11 is 0. The van der Waals surface area contributed by atoms with Gasteiger partial charge in [-0.15, -0.1) is 0 Å². The van der Waals surface area contributed by atoms with Crippen molar-refractivity contribution in [3.8, 4) is 11.1 Å². The van der Waals surface area contributed by atoms with E-state index >= 15 is 0 Å². The van der Waals surface area contributed by atoms with E-state index in [2.05, 4.69) is 49.2 Å². The monoisotopic (exact) mass is 297 g/mol. The van der Waals surface area contributed by atoms with Gasteiger partial charge in [0.2, 0.25) is 0 Å². The van der Waals surface area contributed by atoms with Crippen molar-refractivity contribution in [1.29, 1.82) is 0 Å². The van der Waals surface area contributed by atoms with Gasteiger partial charge >= 0.3 is 0 Å². The molecule has 0 spiro atoms. The van der Waals surface area contributed by atoms with Gasteiger partial charge in [0.1, 0.15) is 0 Å². The molecular formula is C18H23NOSi. The van der Waals surface area contributed by atoms with Gasteiger partial charge in [0.15, 0.2) is 0 Å². The molecule has 21 heavy (non-hydrogen) atoms. The Bertz CT molecular complexity index is 629. The van der Waals surface area contributed by atoms with Crippen LogP contribution in [0.1, 0.15) is 17.3 Å². The summed E-state index contributed by atoms with van der Waals surface area (Å²) < 4.78 is 0. The number of carbonyl (C=O) groups is 1. The summed E-state index contributed by atoms with van der Waals surface area (Å²) in [4.78, 5) is 12.6. The fourth-order valence-electron chi connectivity index (χ4n) is 2.53. The molecule has 2 nitrogen and oxygen atoms in total. The molecule has 2 aromatic rings. The first-order valence-corrected chi connectivity index (χ1v) is 10.9. The molecule has 2 aromatic carbocycles. The normalized spacial score (nSPS) is 11.2. The van der Waals surface area contributed by atoms with Crippen molar-refractivity contribution in [3.63, 3.8) is 0 Å². The quantitative estimate of drug-likeness (QED) is 0.858. The van der Waals surface area contributed by atoms with E-state index in [4.69, 9.17) is 0 Å². The molecule has 3 heteroatoms. The van der Waals surface area contributed by atoms with Gasteiger partial charge in [-0.05, 0) is 23.2 Å². The molecule has 1 N–H and O–H groups in total. The minimum atomic E-state index is -1.59. The van der Waals surface area contributed by atoms with E-state index in [1.165, 1.54) is 5.19 Å². The van der Waals surface area contributed by atoms with Gasteiger partial charge in [-0.25, -0.2) is 0 Å². The average Bonchev–Trinajstić information content (AvgIpc) is 2.46. The highest BCUT2D eigenvalue weighted by molar-refractivity contribution is 6.89. The van der Waals surface area contributed by atoms with E-state index in [1.807, 2.05) is 31.2 Å². The molecule has 110 valence electrons. The van der Waals surface area contributed by atoms with Gasteiger partial charge in [-0.3, -0.25) is 4.79 Å². The number of hydrogen-bond donors (Lipinski definition) is 1. The van der Waals surface area contributed by atoms with Crippen LogP contribution in [0.2, 0.25) is 19.6 Å². The lowest BCUT2D eigenvalue weighted by molar-refractivity contribution is 0.0957. The van der Waals surface area contributed by atoms with Crippen molar-refractivity contribution < 1.29 is 4.79 Å². The summed E-state index contributed by atoms with van der Waals surface area (Å²) in [7, 11) is -1.59. The molecule has 0 aliphatic carbocycles. The van der Waals surface area contributed by atoms with Crippen LogP contribution >= 0.6 is 0 Å². The molecule has 0 aliphatic heterocycles. The van der Waals surface area contributed by atoms with Crippen molar-refractivity contribution in [1.82, 2.24) is 5.32 Å². The zero-order valence-electron chi connectivity index (χ0n) is 13.2. The third-order valence-corrected chi connectivity index (χ3v) is 5.55. The van der Waals surface area contributed by atoms with Gasteiger partial charge in [-0.2, -0.15) is 0 Å². The summed E-state index contributed by atoms with van der Waals surface area (Å²) in [6, 6.07) is 16.4. The first-order chi connectivity index (χ1) is 9.95. The molecule has 0 unspecified atom stereocenters. The lowest BCUT2D eigenvalue weighted by Crippen LogP contribution is -2.43. The van der Waals surface area contributed by atoms with Gasteiger partial charge in [0, 0.05) is 12.1 Å². The van der Waals surface area contributed by atoms with Crippen LogP contribution in [0.3, 0.4) is 0 Å². The second-order valence-electron chi connectivity index (χ2n) is 6.20. The van der Waals surface area contributed by atoms with Crippen LogP contribution in [0.5, 0.6) is 0 Å². The summed E-state index contributed by atoms with van der Waals surface area (Å²) in [5.74, 6) is 0.0365. The van der Waals surface area contributed by atoms with Crippen LogP contribution in [-0.4, -0.2) is 20.5 Å². The molecule has 0 bridgehead atoms. The number of rotatable bonds is 4. The van der Waals surface area contributed by atoms with Crippen LogP contribution < -0.4 is 10.5 Å². The fraction of sp³-hybridized carbons (Fsp3) is 0.278. The topological polar surface area (TPSA) is 29.1 Å². The maximum absolute atomic E-state index is 12.6. The maximum atomic E-state index is 12.6. The second-order valence-corrected chi connectivity index (χ2v) is 11.2. The van der Waals surface area contributed by atoms with Gasteiger partial charge < -0.3 is 5.32 Å². The highest BCUT2D eigenvalue weighted by atomic mass is 28.3. The summed E-state index contributed by atoms with van der Waals surface area (Å²) in [5, 5.41) is 4.19. The van der Waals surface area contributed by atoms with Crippen LogP contribution in [0.15, 0.2) is 48.5 Å². The van der Waals surface area contributed by atoms with E-state index in [1.54, 1.807) is 0 Å². The summed E-state index contributed by atoms with van der Waals surface area (Å²) in [5.41, 5.74) is 2.98. The highest BCUT2D eigenvalue weighted by Crippen LogP contribution is 2.24. The van der Waals surface area contributed by atoms with E-state index in [0.29, 0.717) is 6.54 Å². The first kappa shape index (κ1) is 15.5. The number of benzene rings is 2. The Morgan fingerprint density at radius 3 is 2.24 bits per heavy atom. The van der Waals surface area contributed by atoms with Crippen LogP contribution in [-0.2, 0) is 0 Å². The Balaban J connectivity index is 2.68. The smallest absolute Gasteiger partial charge is 0.251 e. The van der Waals surface area contributed by atoms with Crippen LogP contribution in [0.25, 0.3) is 11.1 Å². The molecule has 0 saturated carbocycles. The average molecular weight is 297 g/mol. The molecule has 1 amide bonds. The number of carbonyl (C=O) groups excluding carboxylic acids is 1. The minimum absolute atomic E-state index is 0.0365. The Kier molecular flexibility index (Phi) is 4.63. The molecule has 0 radical (unpaired) electrons. The molecule has 2 rings (SSSR count). The predicted molar refractivity (Wildman–Crippen MR) is 92.9 cm³/mol. The molecule has 0 atom stereocenters. The van der Waals surface area contributed by atoms with Crippen LogP contribution in [0.4, 0.5) is 0 Å². The fourth-order valence-corrected chi connectivity index (χ4v) is 4.12. The van der Waals surface area contributed by atoms with Crippen molar-refractivity contribution in [3.05, 3.63) is 54.1 Å². The zero-order chi connectivity index (χ0) is 15.5. The molecular weight excluding hydrogens is 274 g/mol. The molecule has 0 fully saturated rings. The Morgan fingerprint density at radius 1 is 1.00 bits per heavy atom. The lowest BCUT2D eigenvalue weighted by Gasteiger charge is -2.23. The molecule has 0 saturated heterocycles. The molecule has 0 heterocycles. The van der Waals surface area contributed by atoms with Crippen molar-refractivity contribution in [2.24, 2.45) is 0 Å². The highest BCUT2D eigenvalue weighted by Gasteiger charge is 2.25. The largest absolute Gasteiger partial charge is 0.352 e. The third-order valence-electron chi connectivity index (χ3n) is 3.52. The van der Waals surface area contributed by atoms with E-state index < -0.39 is 8.07 Å². The third kappa shape index (κ3) is 3.42. The zero-order valence-corrected chi connectivity index (χ0v) is 14.2. The SMILES string of the molecule is CCNC(=O)c1c(-c2ccccc2)cccc1[Si](C)(C)C. The maximum Gasteiger partial charge on any atom is 0.251 e. The van der Waals surface area contributed by atoms with Crippen molar-refractivity contribution >= 4 is 19.2 Å². The predicted octanol–water partition coefficient (Wildman–Crippen LogP) is 3.65. The van der Waals surface area contributed by atoms with E-state index in [9.17, 15) is 4.79 Å². The number of amides is 1. The standard InChI is InChI=1S/C18H23NOSi/c1-5-19-18(20)17-15(14-10-7-6-8-11-14)12-9-13-16(17)21(2,3)4/h6-13H,5H2,1-4H3,(H,19,20). The Morgan fingerprint density at radius 2 is 1.67 bits per heavy atom. The van der Waals surface area contributed by atoms with Gasteiger partial charge in [0.05, 0.1) is 8.07 Å². The Hall–Kier alpha value is -1.87. The van der Waals surface area contributed by atoms with Crippen molar-refractivity contribution in [2.75, 3.05) is 6.54 Å². The first-order valence-electron chi connectivity index (χ1n) is 7.42. The van der Waals surface area contributed by atoms with Gasteiger partial charge in [0.25, 0.3) is 5.91 Å². The van der Waals surface area contributed by atoms with E-state index in [-0.39, 0.29) is 5.91 Å². The van der Waals surface area contributed by atoms with Crippen LogP contribution in [0, 0.1) is 0 Å². The number of nitrogens with one attached hydrogen (secondary N) is 1. The molecule has 0 aromatic heterocycles. The van der Waals surface area contributed by atoms with Crippen molar-refractivity contribution in [2.45, 2.75) is 26.6 Å². The Labute approximate surface area is 128 Å². The van der Waals surface area contributed by atoms with Gasteiger partial charge in [-0.1, -0.05) is 68.2 Å². The summed E-state index contributed by atoms with van der Waals surface area (Å²) in [6.07, 6.45) is 0. The lowest BCUT2D eigenvalue weighted by atomic mass is 9.99.